The second-order valence-corrected chi connectivity index (χ2v) is 6.97. The average molecular weight is 330 g/mol. The van der Waals surface area contributed by atoms with E-state index in [4.69, 9.17) is 4.74 Å². The minimum atomic E-state index is -2.12. The predicted octanol–water partition coefficient (Wildman–Crippen LogP) is 6.41. The Balaban J connectivity index is 1.69. The lowest BCUT2D eigenvalue weighted by Crippen LogP contribution is -2.28. The Kier molecular flexibility index (Phi) is 7.68. The van der Waals surface area contributed by atoms with Crippen molar-refractivity contribution in [1.29, 1.82) is 0 Å². The van der Waals surface area contributed by atoms with Gasteiger partial charge in [0.1, 0.15) is 0 Å². The number of hydrogen-bond acceptors (Lipinski definition) is 1. The van der Waals surface area contributed by atoms with Crippen LogP contribution in [0, 0.1) is 17.8 Å². The molecule has 132 valence electrons. The van der Waals surface area contributed by atoms with Crippen molar-refractivity contribution in [1.82, 2.24) is 0 Å². The molecule has 0 radical (unpaired) electrons. The van der Waals surface area contributed by atoms with Crippen LogP contribution in [-0.4, -0.2) is 12.7 Å². The van der Waals surface area contributed by atoms with Gasteiger partial charge in [0.05, 0.1) is 12.7 Å². The molecule has 2 fully saturated rings. The van der Waals surface area contributed by atoms with Crippen molar-refractivity contribution in [2.45, 2.75) is 70.8 Å². The molecule has 0 unspecified atom stereocenters. The van der Waals surface area contributed by atoms with E-state index >= 15 is 0 Å². The summed E-state index contributed by atoms with van der Waals surface area (Å²) in [5.41, 5.74) is 0. The molecular weight excluding hydrogens is 301 g/mol. The van der Waals surface area contributed by atoms with Crippen molar-refractivity contribution in [2.75, 3.05) is 6.61 Å². The topological polar surface area (TPSA) is 9.23 Å². The lowest BCUT2D eigenvalue weighted by Gasteiger charge is -2.37. The van der Waals surface area contributed by atoms with Crippen LogP contribution in [0.5, 0.6) is 0 Å². The molecule has 1 nitrogen and oxygen atoms in total. The molecule has 0 saturated heterocycles. The third-order valence-electron chi connectivity index (χ3n) is 5.53. The van der Waals surface area contributed by atoms with Crippen LogP contribution >= 0.6 is 0 Å². The fourth-order valence-corrected chi connectivity index (χ4v) is 4.15. The molecule has 0 bridgehead atoms. The number of hydrogen-bond donors (Lipinski definition) is 0. The summed E-state index contributed by atoms with van der Waals surface area (Å²) in [6, 6.07) is 0. The van der Waals surface area contributed by atoms with E-state index in [1.807, 2.05) is 0 Å². The molecule has 0 heterocycles. The standard InChI is InChI=1S/C19H29F3O/c1-2-3-4-13-23-17-11-9-15(10-12-17)14-5-7-16(8-6-14)18(20)19(21)22/h3-4,14-17H,2,5-13H2,1H3/b4-3+. The van der Waals surface area contributed by atoms with Gasteiger partial charge in [-0.2, -0.15) is 8.78 Å². The van der Waals surface area contributed by atoms with Crippen molar-refractivity contribution in [3.8, 4) is 0 Å². The lowest BCUT2D eigenvalue weighted by molar-refractivity contribution is 0.0213. The van der Waals surface area contributed by atoms with Crippen molar-refractivity contribution < 1.29 is 17.9 Å². The van der Waals surface area contributed by atoms with Crippen LogP contribution in [0.25, 0.3) is 0 Å². The number of rotatable bonds is 6. The summed E-state index contributed by atoms with van der Waals surface area (Å²) in [5.74, 6) is -0.450. The highest BCUT2D eigenvalue weighted by Crippen LogP contribution is 2.42. The van der Waals surface area contributed by atoms with E-state index in [0.29, 0.717) is 37.4 Å². The zero-order valence-electron chi connectivity index (χ0n) is 14.1. The Morgan fingerprint density at radius 2 is 1.43 bits per heavy atom. The van der Waals surface area contributed by atoms with Crippen molar-refractivity contribution >= 4 is 0 Å². The molecule has 2 aliphatic carbocycles. The number of allylic oxidation sites excluding steroid dienone is 2. The van der Waals surface area contributed by atoms with Crippen LogP contribution < -0.4 is 0 Å². The van der Waals surface area contributed by atoms with E-state index in [1.54, 1.807) is 0 Å². The zero-order chi connectivity index (χ0) is 16.7. The molecule has 0 aromatic rings. The first-order valence-electron chi connectivity index (χ1n) is 9.09. The van der Waals surface area contributed by atoms with E-state index in [9.17, 15) is 13.2 Å². The summed E-state index contributed by atoms with van der Waals surface area (Å²) in [6.45, 7) is 2.81. The SMILES string of the molecule is CC/C=C/COC1CCC(C2CCC(C(F)=C(F)F)CC2)CC1. The molecule has 2 aliphatic rings. The smallest absolute Gasteiger partial charge is 0.301 e. The summed E-state index contributed by atoms with van der Waals surface area (Å²) < 4.78 is 43.9. The second kappa shape index (κ2) is 9.51. The van der Waals surface area contributed by atoms with E-state index in [1.165, 1.54) is 0 Å². The van der Waals surface area contributed by atoms with Gasteiger partial charge in [-0.15, -0.1) is 0 Å². The van der Waals surface area contributed by atoms with Crippen LogP contribution in [0.4, 0.5) is 13.2 Å². The van der Waals surface area contributed by atoms with Gasteiger partial charge in [0.2, 0.25) is 0 Å². The third kappa shape index (κ3) is 5.66. The summed E-state index contributed by atoms with van der Waals surface area (Å²) in [7, 11) is 0. The van der Waals surface area contributed by atoms with Crippen molar-refractivity contribution in [3.63, 3.8) is 0 Å². The maximum Gasteiger partial charge on any atom is 0.301 e. The van der Waals surface area contributed by atoms with Gasteiger partial charge < -0.3 is 4.74 Å². The molecule has 0 aromatic carbocycles. The molecule has 2 saturated carbocycles. The Morgan fingerprint density at radius 3 is 1.96 bits per heavy atom. The minimum Gasteiger partial charge on any atom is -0.374 e. The fraction of sp³-hybridized carbons (Fsp3) is 0.789. The first kappa shape index (κ1) is 18.6. The summed E-state index contributed by atoms with van der Waals surface area (Å²) in [5, 5.41) is 0. The van der Waals surface area contributed by atoms with Crippen LogP contribution in [0.2, 0.25) is 0 Å². The summed E-state index contributed by atoms with van der Waals surface area (Å²) >= 11 is 0. The van der Waals surface area contributed by atoms with Gasteiger partial charge in [0.15, 0.2) is 5.83 Å². The maximum absolute atomic E-state index is 13.3. The van der Waals surface area contributed by atoms with Gasteiger partial charge in [0.25, 0.3) is 0 Å². The van der Waals surface area contributed by atoms with Gasteiger partial charge in [-0.3, -0.25) is 0 Å². The van der Waals surface area contributed by atoms with Crippen LogP contribution in [0.15, 0.2) is 24.1 Å². The Morgan fingerprint density at radius 1 is 0.870 bits per heavy atom. The fourth-order valence-electron chi connectivity index (χ4n) is 4.15. The molecule has 0 atom stereocenters. The third-order valence-corrected chi connectivity index (χ3v) is 5.53. The monoisotopic (exact) mass is 330 g/mol. The van der Waals surface area contributed by atoms with Gasteiger partial charge >= 0.3 is 6.08 Å². The van der Waals surface area contributed by atoms with Crippen LogP contribution in [0.1, 0.15) is 64.7 Å². The van der Waals surface area contributed by atoms with E-state index < -0.39 is 17.8 Å². The van der Waals surface area contributed by atoms with Gasteiger partial charge in [-0.05, 0) is 69.6 Å². The van der Waals surface area contributed by atoms with E-state index in [2.05, 4.69) is 19.1 Å². The minimum absolute atomic E-state index is 0.366. The first-order valence-corrected chi connectivity index (χ1v) is 9.09. The van der Waals surface area contributed by atoms with Crippen molar-refractivity contribution in [2.24, 2.45) is 17.8 Å². The molecule has 0 spiro atoms. The highest BCUT2D eigenvalue weighted by molar-refractivity contribution is 5.00. The second-order valence-electron chi connectivity index (χ2n) is 6.97. The van der Waals surface area contributed by atoms with Gasteiger partial charge in [-0.1, -0.05) is 19.1 Å². The Hall–Kier alpha value is -0.770. The highest BCUT2D eigenvalue weighted by atomic mass is 19.3. The van der Waals surface area contributed by atoms with Crippen molar-refractivity contribution in [3.05, 3.63) is 24.1 Å². The highest BCUT2D eigenvalue weighted by Gasteiger charge is 2.33. The molecule has 0 amide bonds. The zero-order valence-corrected chi connectivity index (χ0v) is 14.1. The molecule has 0 aliphatic heterocycles. The Labute approximate surface area is 138 Å². The van der Waals surface area contributed by atoms with Crippen LogP contribution in [0.3, 0.4) is 0 Å². The summed E-state index contributed by atoms with van der Waals surface area (Å²) in [4.78, 5) is 0. The maximum atomic E-state index is 13.3. The van der Waals surface area contributed by atoms with Gasteiger partial charge in [-0.25, -0.2) is 4.39 Å². The Bertz CT molecular complexity index is 399. The average Bonchev–Trinajstić information content (AvgIpc) is 2.59. The lowest BCUT2D eigenvalue weighted by atomic mass is 9.70. The summed E-state index contributed by atoms with van der Waals surface area (Å²) in [6.07, 6.45) is 10.9. The van der Waals surface area contributed by atoms with Crippen LogP contribution in [-0.2, 0) is 4.74 Å². The quantitative estimate of drug-likeness (QED) is 0.511. The molecule has 2 rings (SSSR count). The number of ether oxygens (including phenoxy) is 1. The van der Waals surface area contributed by atoms with E-state index in [0.717, 1.165) is 44.9 Å². The molecule has 4 heteroatoms. The largest absolute Gasteiger partial charge is 0.374 e. The number of halogens is 3. The molecular formula is C19H29F3O. The normalized spacial score (nSPS) is 32.2. The molecule has 0 N–H and O–H groups in total. The predicted molar refractivity (Wildman–Crippen MR) is 86.9 cm³/mol. The molecule has 0 aromatic heterocycles. The first-order chi connectivity index (χ1) is 11.1. The van der Waals surface area contributed by atoms with Gasteiger partial charge in [0, 0.05) is 5.92 Å². The van der Waals surface area contributed by atoms with E-state index in [-0.39, 0.29) is 0 Å². The molecule has 23 heavy (non-hydrogen) atoms.